The molecule has 1 N–H and O–H groups in total. The lowest BCUT2D eigenvalue weighted by Gasteiger charge is -2.29. The molecule has 1 atom stereocenters. The smallest absolute Gasteiger partial charge is 0.261 e. The Kier molecular flexibility index (Phi) is 8.99. The van der Waals surface area contributed by atoms with Gasteiger partial charge in [-0.05, 0) is 48.7 Å². The molecule has 0 aliphatic heterocycles. The van der Waals surface area contributed by atoms with Gasteiger partial charge in [0.2, 0.25) is 5.91 Å². The Morgan fingerprint density at radius 2 is 1.77 bits per heavy atom. The molecule has 0 aliphatic rings. The van der Waals surface area contributed by atoms with Gasteiger partial charge < -0.3 is 19.7 Å². The van der Waals surface area contributed by atoms with E-state index in [2.05, 4.69) is 5.32 Å². The SMILES string of the molecule is COc1ccc(CN(C(=O)COc2cccc(Cl)c2)C(C)C(=O)NCC(C)C)cc1. The molecule has 0 saturated heterocycles. The van der Waals surface area contributed by atoms with E-state index in [0.29, 0.717) is 23.2 Å². The van der Waals surface area contributed by atoms with Gasteiger partial charge >= 0.3 is 0 Å². The summed E-state index contributed by atoms with van der Waals surface area (Å²) in [6.07, 6.45) is 0. The molecular weight excluding hydrogens is 404 g/mol. The molecule has 2 amide bonds. The number of benzene rings is 2. The van der Waals surface area contributed by atoms with Crippen LogP contribution >= 0.6 is 11.6 Å². The standard InChI is InChI=1S/C23H29ClN2O4/c1-16(2)13-25-23(28)17(3)26(14-18-8-10-20(29-4)11-9-18)22(27)15-30-21-7-5-6-19(24)12-21/h5-12,16-17H,13-15H2,1-4H3,(H,25,28). The molecule has 0 heterocycles. The van der Waals surface area contributed by atoms with Gasteiger partial charge in [-0.1, -0.05) is 43.6 Å². The van der Waals surface area contributed by atoms with Crippen LogP contribution in [0.25, 0.3) is 0 Å². The van der Waals surface area contributed by atoms with Gasteiger partial charge in [-0.2, -0.15) is 0 Å². The maximum Gasteiger partial charge on any atom is 0.261 e. The van der Waals surface area contributed by atoms with Crippen molar-refractivity contribution in [2.45, 2.75) is 33.4 Å². The summed E-state index contributed by atoms with van der Waals surface area (Å²) in [5.41, 5.74) is 0.885. The van der Waals surface area contributed by atoms with Crippen LogP contribution in [0, 0.1) is 5.92 Å². The zero-order valence-corrected chi connectivity index (χ0v) is 18.6. The Hall–Kier alpha value is -2.73. The highest BCUT2D eigenvalue weighted by Crippen LogP contribution is 2.18. The zero-order valence-electron chi connectivity index (χ0n) is 17.9. The summed E-state index contributed by atoms with van der Waals surface area (Å²) >= 11 is 5.97. The van der Waals surface area contributed by atoms with Crippen LogP contribution in [0.5, 0.6) is 11.5 Å². The Bertz CT molecular complexity index is 839. The fourth-order valence-corrected chi connectivity index (χ4v) is 2.93. The van der Waals surface area contributed by atoms with E-state index >= 15 is 0 Å². The van der Waals surface area contributed by atoms with Gasteiger partial charge in [-0.25, -0.2) is 0 Å². The number of rotatable bonds is 10. The fourth-order valence-electron chi connectivity index (χ4n) is 2.75. The average Bonchev–Trinajstić information content (AvgIpc) is 2.74. The van der Waals surface area contributed by atoms with Crippen LogP contribution in [0.4, 0.5) is 0 Å². The minimum atomic E-state index is -0.652. The minimum Gasteiger partial charge on any atom is -0.497 e. The predicted octanol–water partition coefficient (Wildman–Crippen LogP) is 3.92. The number of nitrogens with one attached hydrogen (secondary N) is 1. The molecule has 0 aromatic heterocycles. The van der Waals surface area contributed by atoms with Crippen LogP contribution in [0.1, 0.15) is 26.3 Å². The predicted molar refractivity (Wildman–Crippen MR) is 118 cm³/mol. The highest BCUT2D eigenvalue weighted by molar-refractivity contribution is 6.30. The lowest BCUT2D eigenvalue weighted by molar-refractivity contribution is -0.142. The van der Waals surface area contributed by atoms with E-state index in [9.17, 15) is 9.59 Å². The second-order valence-corrected chi connectivity index (χ2v) is 7.87. The number of carbonyl (C=O) groups excluding carboxylic acids is 2. The molecule has 2 aromatic carbocycles. The van der Waals surface area contributed by atoms with Crippen molar-refractivity contribution in [2.75, 3.05) is 20.3 Å². The van der Waals surface area contributed by atoms with E-state index in [4.69, 9.17) is 21.1 Å². The van der Waals surface area contributed by atoms with E-state index in [0.717, 1.165) is 11.3 Å². The number of methoxy groups -OCH3 is 1. The maximum absolute atomic E-state index is 13.0. The molecule has 0 fully saturated rings. The summed E-state index contributed by atoms with van der Waals surface area (Å²) in [5.74, 6) is 1.05. The van der Waals surface area contributed by atoms with Gasteiger partial charge in [0.05, 0.1) is 7.11 Å². The summed E-state index contributed by atoms with van der Waals surface area (Å²) in [6.45, 7) is 6.38. The molecule has 2 rings (SSSR count). The van der Waals surface area contributed by atoms with E-state index in [1.54, 1.807) is 38.3 Å². The molecule has 2 aromatic rings. The largest absolute Gasteiger partial charge is 0.497 e. The van der Waals surface area contributed by atoms with E-state index in [1.807, 2.05) is 38.1 Å². The van der Waals surface area contributed by atoms with Crippen LogP contribution in [0.3, 0.4) is 0 Å². The van der Waals surface area contributed by atoms with Crippen LogP contribution in [-0.4, -0.2) is 43.0 Å². The molecule has 0 aliphatic carbocycles. The molecule has 0 bridgehead atoms. The van der Waals surface area contributed by atoms with Gasteiger partial charge in [0.25, 0.3) is 5.91 Å². The topological polar surface area (TPSA) is 67.9 Å². The summed E-state index contributed by atoms with van der Waals surface area (Å²) in [6, 6.07) is 13.6. The fraction of sp³-hybridized carbons (Fsp3) is 0.391. The summed E-state index contributed by atoms with van der Waals surface area (Å²) < 4.78 is 10.8. The molecule has 162 valence electrons. The number of hydrogen-bond donors (Lipinski definition) is 1. The first-order chi connectivity index (χ1) is 14.3. The second-order valence-electron chi connectivity index (χ2n) is 7.43. The van der Waals surface area contributed by atoms with Crippen molar-refractivity contribution in [2.24, 2.45) is 5.92 Å². The first-order valence-corrected chi connectivity index (χ1v) is 10.3. The van der Waals surface area contributed by atoms with Crippen molar-refractivity contribution in [3.8, 4) is 11.5 Å². The van der Waals surface area contributed by atoms with E-state index in [-0.39, 0.29) is 25.0 Å². The molecule has 0 saturated carbocycles. The summed E-state index contributed by atoms with van der Waals surface area (Å²) in [7, 11) is 1.60. The number of hydrogen-bond acceptors (Lipinski definition) is 4. The van der Waals surface area contributed by atoms with Crippen LogP contribution in [-0.2, 0) is 16.1 Å². The van der Waals surface area contributed by atoms with Gasteiger partial charge in [-0.15, -0.1) is 0 Å². The third-order valence-corrected chi connectivity index (χ3v) is 4.76. The van der Waals surface area contributed by atoms with E-state index in [1.165, 1.54) is 4.90 Å². The summed E-state index contributed by atoms with van der Waals surface area (Å²) in [4.78, 5) is 27.1. The first-order valence-electron chi connectivity index (χ1n) is 9.88. The Morgan fingerprint density at radius 3 is 2.37 bits per heavy atom. The van der Waals surface area contributed by atoms with Crippen LogP contribution in [0.2, 0.25) is 5.02 Å². The third kappa shape index (κ3) is 7.26. The van der Waals surface area contributed by atoms with Gasteiger partial charge in [0.1, 0.15) is 17.5 Å². The Labute approximate surface area is 183 Å². The number of nitrogens with zero attached hydrogens (tertiary/aromatic N) is 1. The van der Waals surface area contributed by atoms with Crippen molar-refractivity contribution in [1.82, 2.24) is 10.2 Å². The van der Waals surface area contributed by atoms with Gasteiger partial charge in [-0.3, -0.25) is 9.59 Å². The number of amides is 2. The number of ether oxygens (including phenoxy) is 2. The molecule has 7 heteroatoms. The lowest BCUT2D eigenvalue weighted by Crippen LogP contribution is -2.49. The average molecular weight is 433 g/mol. The number of carbonyl (C=O) groups is 2. The second kappa shape index (κ2) is 11.5. The molecule has 0 radical (unpaired) electrons. The normalized spacial score (nSPS) is 11.7. The minimum absolute atomic E-state index is 0.196. The quantitative estimate of drug-likeness (QED) is 0.618. The van der Waals surface area contributed by atoms with Gasteiger partial charge in [0.15, 0.2) is 6.61 Å². The Balaban J connectivity index is 2.13. The first kappa shape index (κ1) is 23.5. The van der Waals surface area contributed by atoms with Crippen molar-refractivity contribution >= 4 is 23.4 Å². The zero-order chi connectivity index (χ0) is 22.1. The molecular formula is C23H29ClN2O4. The molecule has 30 heavy (non-hydrogen) atoms. The van der Waals surface area contributed by atoms with Gasteiger partial charge in [0, 0.05) is 18.1 Å². The van der Waals surface area contributed by atoms with Crippen LogP contribution < -0.4 is 14.8 Å². The van der Waals surface area contributed by atoms with Crippen molar-refractivity contribution in [1.29, 1.82) is 0 Å². The monoisotopic (exact) mass is 432 g/mol. The van der Waals surface area contributed by atoms with E-state index < -0.39 is 6.04 Å². The van der Waals surface area contributed by atoms with Crippen LogP contribution in [0.15, 0.2) is 48.5 Å². The highest BCUT2D eigenvalue weighted by Gasteiger charge is 2.26. The molecule has 1 unspecified atom stereocenters. The molecule has 6 nitrogen and oxygen atoms in total. The van der Waals surface area contributed by atoms with Crippen molar-refractivity contribution < 1.29 is 19.1 Å². The highest BCUT2D eigenvalue weighted by atomic mass is 35.5. The maximum atomic E-state index is 13.0. The molecule has 0 spiro atoms. The van der Waals surface area contributed by atoms with Crippen molar-refractivity contribution in [3.63, 3.8) is 0 Å². The third-order valence-electron chi connectivity index (χ3n) is 4.52. The van der Waals surface area contributed by atoms with Crippen molar-refractivity contribution in [3.05, 3.63) is 59.1 Å². The Morgan fingerprint density at radius 1 is 1.07 bits per heavy atom. The summed E-state index contributed by atoms with van der Waals surface area (Å²) in [5, 5.41) is 3.42. The lowest BCUT2D eigenvalue weighted by atomic mass is 10.1. The number of halogens is 1.